The molecule has 0 fully saturated rings. The summed E-state index contributed by atoms with van der Waals surface area (Å²) >= 11 is 0. The van der Waals surface area contributed by atoms with Crippen molar-refractivity contribution in [2.24, 2.45) is 0 Å². The molecule has 1 amide bonds. The van der Waals surface area contributed by atoms with Gasteiger partial charge in [-0.25, -0.2) is 0 Å². The van der Waals surface area contributed by atoms with Crippen LogP contribution < -0.4 is 11.1 Å². The number of phenols is 1. The highest BCUT2D eigenvalue weighted by Gasteiger charge is 2.13. The van der Waals surface area contributed by atoms with Gasteiger partial charge in [-0.3, -0.25) is 9.89 Å². The summed E-state index contributed by atoms with van der Waals surface area (Å²) in [5.41, 5.74) is 6.26. The highest BCUT2D eigenvalue weighted by molar-refractivity contribution is 6.02. The molecule has 5 N–H and O–H groups in total. The Morgan fingerprint density at radius 1 is 1.53 bits per heavy atom. The number of phenolic OH excluding ortho intramolecular Hbond substituents is 1. The number of hydrogen-bond donors (Lipinski definition) is 4. The topological polar surface area (TPSA) is 117 Å². The van der Waals surface area contributed by atoms with Gasteiger partial charge in [-0.15, -0.1) is 5.10 Å². The molecule has 1 heterocycles. The van der Waals surface area contributed by atoms with Crippen LogP contribution in [0.4, 0.5) is 11.6 Å². The molecule has 0 aliphatic heterocycles. The zero-order valence-corrected chi connectivity index (χ0v) is 9.06. The molecule has 2 aromatic rings. The summed E-state index contributed by atoms with van der Waals surface area (Å²) in [5, 5.41) is 18.1. The Morgan fingerprint density at radius 3 is 2.94 bits per heavy atom. The van der Waals surface area contributed by atoms with Crippen LogP contribution in [0.1, 0.15) is 16.2 Å². The summed E-state index contributed by atoms with van der Waals surface area (Å²) < 4.78 is 0. The lowest BCUT2D eigenvalue weighted by molar-refractivity contribution is 0.101. The SMILES string of the molecule is Cc1cccc(NC(=O)c2nc(N)n[nH]2)c1O. The van der Waals surface area contributed by atoms with Crippen molar-refractivity contribution in [1.82, 2.24) is 15.2 Å². The second kappa shape index (κ2) is 4.12. The maximum absolute atomic E-state index is 11.7. The molecule has 0 atom stereocenters. The Hall–Kier alpha value is -2.57. The minimum Gasteiger partial charge on any atom is -0.505 e. The smallest absolute Gasteiger partial charge is 0.293 e. The molecular formula is C10H11N5O2. The number of aromatic nitrogens is 3. The van der Waals surface area contributed by atoms with Gasteiger partial charge in [-0.2, -0.15) is 4.98 Å². The van der Waals surface area contributed by atoms with Gasteiger partial charge in [-0.1, -0.05) is 12.1 Å². The van der Waals surface area contributed by atoms with E-state index in [9.17, 15) is 9.90 Å². The number of nitrogens with zero attached hydrogens (tertiary/aromatic N) is 2. The first-order valence-electron chi connectivity index (χ1n) is 4.85. The molecule has 2 rings (SSSR count). The molecule has 17 heavy (non-hydrogen) atoms. The van der Waals surface area contributed by atoms with Crippen LogP contribution in [0.15, 0.2) is 18.2 Å². The second-order valence-electron chi connectivity index (χ2n) is 3.47. The van der Waals surface area contributed by atoms with Crippen LogP contribution in [0.2, 0.25) is 0 Å². The van der Waals surface area contributed by atoms with Crippen LogP contribution in [0.25, 0.3) is 0 Å². The minimum absolute atomic E-state index is 0.0105. The molecule has 0 radical (unpaired) electrons. The first kappa shape index (κ1) is 10.9. The Kier molecular flexibility index (Phi) is 2.65. The number of amides is 1. The van der Waals surface area contributed by atoms with E-state index in [1.54, 1.807) is 25.1 Å². The number of nitrogen functional groups attached to an aromatic ring is 1. The first-order valence-corrected chi connectivity index (χ1v) is 4.85. The van der Waals surface area contributed by atoms with E-state index >= 15 is 0 Å². The third kappa shape index (κ3) is 2.17. The Balaban J connectivity index is 2.21. The van der Waals surface area contributed by atoms with Crippen LogP contribution in [0.5, 0.6) is 5.75 Å². The maximum Gasteiger partial charge on any atom is 0.293 e. The van der Waals surface area contributed by atoms with Gasteiger partial charge in [0.25, 0.3) is 5.91 Å². The molecule has 0 saturated heterocycles. The predicted octanol–water partition coefficient (Wildman–Crippen LogP) is 0.653. The van der Waals surface area contributed by atoms with E-state index < -0.39 is 5.91 Å². The van der Waals surface area contributed by atoms with E-state index in [-0.39, 0.29) is 17.5 Å². The largest absolute Gasteiger partial charge is 0.505 e. The average molecular weight is 233 g/mol. The van der Waals surface area contributed by atoms with E-state index in [1.807, 2.05) is 0 Å². The summed E-state index contributed by atoms with van der Waals surface area (Å²) in [6.45, 7) is 1.73. The fraction of sp³-hybridized carbons (Fsp3) is 0.100. The van der Waals surface area contributed by atoms with Crippen LogP contribution in [0.3, 0.4) is 0 Å². The van der Waals surface area contributed by atoms with Crippen LogP contribution in [-0.2, 0) is 0 Å². The van der Waals surface area contributed by atoms with Gasteiger partial charge < -0.3 is 16.2 Å². The standard InChI is InChI=1S/C10H11N5O2/c1-5-3-2-4-6(7(5)16)12-9(17)8-13-10(11)15-14-8/h2-4,16H,1H3,(H,12,17)(H3,11,13,14,15). The van der Waals surface area contributed by atoms with Crippen LogP contribution in [0, 0.1) is 6.92 Å². The number of rotatable bonds is 2. The van der Waals surface area contributed by atoms with Gasteiger partial charge in [0.1, 0.15) is 5.75 Å². The maximum atomic E-state index is 11.7. The number of hydrogen-bond acceptors (Lipinski definition) is 5. The molecule has 0 bridgehead atoms. The number of aromatic hydroxyl groups is 1. The third-order valence-corrected chi connectivity index (χ3v) is 2.20. The molecule has 1 aromatic heterocycles. The van der Waals surface area contributed by atoms with Gasteiger partial charge in [0.2, 0.25) is 11.8 Å². The van der Waals surface area contributed by atoms with Crippen molar-refractivity contribution in [3.05, 3.63) is 29.6 Å². The fourth-order valence-electron chi connectivity index (χ4n) is 1.32. The first-order chi connectivity index (χ1) is 8.08. The molecular weight excluding hydrogens is 222 g/mol. The zero-order chi connectivity index (χ0) is 12.4. The monoisotopic (exact) mass is 233 g/mol. The van der Waals surface area contributed by atoms with Crippen molar-refractivity contribution in [2.75, 3.05) is 11.1 Å². The lowest BCUT2D eigenvalue weighted by Crippen LogP contribution is -2.14. The van der Waals surface area contributed by atoms with Crippen molar-refractivity contribution in [3.63, 3.8) is 0 Å². The van der Waals surface area contributed by atoms with Crippen molar-refractivity contribution in [3.8, 4) is 5.75 Å². The summed E-state index contributed by atoms with van der Waals surface area (Å²) in [5.74, 6) is -0.518. The number of H-pyrrole nitrogens is 1. The number of aromatic amines is 1. The highest BCUT2D eigenvalue weighted by Crippen LogP contribution is 2.26. The van der Waals surface area contributed by atoms with Crippen molar-refractivity contribution >= 4 is 17.5 Å². The Labute approximate surface area is 96.7 Å². The third-order valence-electron chi connectivity index (χ3n) is 2.20. The predicted molar refractivity (Wildman–Crippen MR) is 61.6 cm³/mol. The number of carbonyl (C=O) groups excluding carboxylic acids is 1. The molecule has 0 aliphatic rings. The van der Waals surface area contributed by atoms with E-state index in [0.717, 1.165) is 0 Å². The highest BCUT2D eigenvalue weighted by atomic mass is 16.3. The summed E-state index contributed by atoms with van der Waals surface area (Å²) in [7, 11) is 0. The molecule has 0 aliphatic carbocycles. The van der Waals surface area contributed by atoms with Crippen molar-refractivity contribution in [1.29, 1.82) is 0 Å². The van der Waals surface area contributed by atoms with Crippen molar-refractivity contribution in [2.45, 2.75) is 6.92 Å². The van der Waals surface area contributed by atoms with Crippen molar-refractivity contribution < 1.29 is 9.90 Å². The molecule has 0 unspecified atom stereocenters. The van der Waals surface area contributed by atoms with E-state index in [0.29, 0.717) is 11.3 Å². The summed E-state index contributed by atoms with van der Waals surface area (Å²) in [6.07, 6.45) is 0. The number of nitrogens with one attached hydrogen (secondary N) is 2. The summed E-state index contributed by atoms with van der Waals surface area (Å²) in [6, 6.07) is 5.04. The number of benzene rings is 1. The lowest BCUT2D eigenvalue weighted by Gasteiger charge is -2.07. The summed E-state index contributed by atoms with van der Waals surface area (Å²) in [4.78, 5) is 15.4. The number of nitrogens with two attached hydrogens (primary N) is 1. The molecule has 0 saturated carbocycles. The molecule has 1 aromatic carbocycles. The normalized spacial score (nSPS) is 10.2. The van der Waals surface area contributed by atoms with Crippen LogP contribution >= 0.6 is 0 Å². The molecule has 7 heteroatoms. The van der Waals surface area contributed by atoms with Gasteiger partial charge in [-0.05, 0) is 18.6 Å². The Morgan fingerprint density at radius 2 is 2.29 bits per heavy atom. The lowest BCUT2D eigenvalue weighted by atomic mass is 10.2. The van der Waals surface area contributed by atoms with Gasteiger partial charge in [0.05, 0.1) is 5.69 Å². The fourth-order valence-corrected chi connectivity index (χ4v) is 1.32. The van der Waals surface area contributed by atoms with Gasteiger partial charge in [0.15, 0.2) is 0 Å². The number of carbonyl (C=O) groups is 1. The van der Waals surface area contributed by atoms with Gasteiger partial charge >= 0.3 is 0 Å². The quantitative estimate of drug-likeness (QED) is 0.568. The van der Waals surface area contributed by atoms with Crippen LogP contribution in [-0.4, -0.2) is 26.2 Å². The number of aryl methyl sites for hydroxylation is 1. The zero-order valence-electron chi connectivity index (χ0n) is 9.06. The van der Waals surface area contributed by atoms with Gasteiger partial charge in [0, 0.05) is 0 Å². The van der Waals surface area contributed by atoms with E-state index in [2.05, 4.69) is 20.5 Å². The average Bonchev–Trinajstić information content (AvgIpc) is 2.72. The minimum atomic E-state index is -0.518. The van der Waals surface area contributed by atoms with E-state index in [1.165, 1.54) is 0 Å². The Bertz CT molecular complexity index is 564. The molecule has 7 nitrogen and oxygen atoms in total. The number of anilines is 2. The molecule has 88 valence electrons. The second-order valence-corrected chi connectivity index (χ2v) is 3.47. The molecule has 0 spiro atoms. The number of para-hydroxylation sites is 1. The van der Waals surface area contributed by atoms with E-state index in [4.69, 9.17) is 5.73 Å².